The minimum atomic E-state index is -1.59. The predicted octanol–water partition coefficient (Wildman–Crippen LogP) is 0.795. The fourth-order valence-electron chi connectivity index (χ4n) is 2.93. The number of amides is 1. The van der Waals surface area contributed by atoms with Crippen molar-refractivity contribution >= 4 is 24.0 Å². The molecule has 1 aliphatic rings. The largest absolute Gasteiger partial charge is 0.469 e. The van der Waals surface area contributed by atoms with Crippen LogP contribution < -0.4 is 5.32 Å². The Labute approximate surface area is 146 Å². The molecule has 0 heterocycles. The summed E-state index contributed by atoms with van der Waals surface area (Å²) in [6.45, 7) is 5.00. The molecule has 3 atom stereocenters. The second kappa shape index (κ2) is 7.71. The van der Waals surface area contributed by atoms with E-state index >= 15 is 0 Å². The molecule has 9 heteroatoms. The van der Waals surface area contributed by atoms with Gasteiger partial charge in [-0.1, -0.05) is 0 Å². The van der Waals surface area contributed by atoms with Crippen molar-refractivity contribution in [1.29, 1.82) is 0 Å². The minimum Gasteiger partial charge on any atom is -0.469 e. The van der Waals surface area contributed by atoms with Gasteiger partial charge in [-0.05, 0) is 33.6 Å². The maximum Gasteiger partial charge on any atom is 0.408 e. The van der Waals surface area contributed by atoms with Crippen molar-refractivity contribution in [2.45, 2.75) is 44.8 Å². The van der Waals surface area contributed by atoms with Gasteiger partial charge in [-0.3, -0.25) is 9.59 Å². The monoisotopic (exact) mass is 359 g/mol. The van der Waals surface area contributed by atoms with Crippen LogP contribution >= 0.6 is 0 Å². The molecule has 1 rings (SSSR count). The van der Waals surface area contributed by atoms with Crippen molar-refractivity contribution in [2.24, 2.45) is 11.8 Å². The highest BCUT2D eigenvalue weighted by atomic mass is 16.6. The first-order valence-corrected chi connectivity index (χ1v) is 7.75. The summed E-state index contributed by atoms with van der Waals surface area (Å²) >= 11 is 0. The zero-order valence-electron chi connectivity index (χ0n) is 15.3. The number of ether oxygens (including phenoxy) is 4. The molecule has 0 aromatic carbocycles. The molecule has 1 fully saturated rings. The highest BCUT2D eigenvalue weighted by Gasteiger charge is 2.57. The van der Waals surface area contributed by atoms with Crippen LogP contribution in [-0.2, 0) is 33.3 Å². The van der Waals surface area contributed by atoms with Gasteiger partial charge in [0.25, 0.3) is 0 Å². The van der Waals surface area contributed by atoms with E-state index in [1.165, 1.54) is 14.2 Å². The topological polar surface area (TPSA) is 117 Å². The smallest absolute Gasteiger partial charge is 0.408 e. The molecule has 1 unspecified atom stereocenters. The molecule has 9 nitrogen and oxygen atoms in total. The van der Waals surface area contributed by atoms with Crippen LogP contribution in [0, 0.1) is 11.8 Å². The van der Waals surface area contributed by atoms with Crippen molar-refractivity contribution in [1.82, 2.24) is 5.32 Å². The molecule has 1 aliphatic carbocycles. The zero-order chi connectivity index (χ0) is 19.4. The number of hydrogen-bond acceptors (Lipinski definition) is 8. The molecule has 0 aromatic rings. The summed E-state index contributed by atoms with van der Waals surface area (Å²) in [6, 6.07) is 0. The molecule has 1 saturated carbocycles. The summed E-state index contributed by atoms with van der Waals surface area (Å²) in [5.41, 5.74) is -2.38. The number of carbonyl (C=O) groups excluding carboxylic acids is 4. The maximum absolute atomic E-state index is 12.4. The average Bonchev–Trinajstić information content (AvgIpc) is 2.91. The number of methoxy groups -OCH3 is 3. The Bertz CT molecular complexity index is 527. The van der Waals surface area contributed by atoms with E-state index in [0.717, 1.165) is 7.11 Å². The second-order valence-corrected chi connectivity index (χ2v) is 6.87. The lowest BCUT2D eigenvalue weighted by Gasteiger charge is -2.29. The SMILES string of the molecule is COC(=O)[C@H]1CC(NC(=O)OC(C)(C)C)(C(=O)OC)C[C@H]1C(=O)OC. The maximum atomic E-state index is 12.4. The zero-order valence-corrected chi connectivity index (χ0v) is 15.3. The molecule has 0 radical (unpaired) electrons. The third kappa shape index (κ3) is 4.83. The van der Waals surface area contributed by atoms with Crippen molar-refractivity contribution < 1.29 is 38.1 Å². The molecule has 0 aromatic heterocycles. The summed E-state index contributed by atoms with van der Waals surface area (Å²) in [7, 11) is 3.51. The average molecular weight is 359 g/mol. The van der Waals surface area contributed by atoms with E-state index in [-0.39, 0.29) is 12.8 Å². The van der Waals surface area contributed by atoms with Gasteiger partial charge in [0.2, 0.25) is 0 Å². The van der Waals surface area contributed by atoms with E-state index in [2.05, 4.69) is 5.32 Å². The fourth-order valence-corrected chi connectivity index (χ4v) is 2.93. The van der Waals surface area contributed by atoms with Crippen molar-refractivity contribution in [3.05, 3.63) is 0 Å². The van der Waals surface area contributed by atoms with Crippen LogP contribution in [0.3, 0.4) is 0 Å². The minimum absolute atomic E-state index is 0.161. The predicted molar refractivity (Wildman–Crippen MR) is 84.4 cm³/mol. The van der Waals surface area contributed by atoms with Crippen LogP contribution in [0.2, 0.25) is 0 Å². The van der Waals surface area contributed by atoms with Crippen LogP contribution in [0.5, 0.6) is 0 Å². The Balaban J connectivity index is 3.17. The number of alkyl carbamates (subject to hydrolysis) is 1. The summed E-state index contributed by atoms with van der Waals surface area (Å²) < 4.78 is 19.4. The van der Waals surface area contributed by atoms with Crippen LogP contribution in [0.4, 0.5) is 4.79 Å². The first-order valence-electron chi connectivity index (χ1n) is 7.75. The summed E-state index contributed by atoms with van der Waals surface area (Å²) in [4.78, 5) is 48.6. The number of esters is 3. The Kier molecular flexibility index (Phi) is 6.39. The second-order valence-electron chi connectivity index (χ2n) is 6.87. The normalized spacial score (nSPS) is 25.7. The Morgan fingerprint density at radius 1 is 0.880 bits per heavy atom. The highest BCUT2D eigenvalue weighted by Crippen LogP contribution is 2.42. The van der Waals surface area contributed by atoms with Crippen molar-refractivity contribution in [2.75, 3.05) is 21.3 Å². The molecule has 0 aliphatic heterocycles. The summed E-state index contributed by atoms with van der Waals surface area (Å²) in [5.74, 6) is -4.03. The van der Waals surface area contributed by atoms with Gasteiger partial charge in [0.1, 0.15) is 11.1 Å². The Hall–Kier alpha value is -2.32. The van der Waals surface area contributed by atoms with E-state index in [9.17, 15) is 19.2 Å². The molecule has 142 valence electrons. The van der Waals surface area contributed by atoms with Gasteiger partial charge >= 0.3 is 24.0 Å². The molecule has 1 N–H and O–H groups in total. The third-order valence-electron chi connectivity index (χ3n) is 3.95. The lowest BCUT2D eigenvalue weighted by Crippen LogP contribution is -2.55. The first kappa shape index (κ1) is 20.7. The van der Waals surface area contributed by atoms with Crippen molar-refractivity contribution in [3.8, 4) is 0 Å². The van der Waals surface area contributed by atoms with Gasteiger partial charge in [-0.2, -0.15) is 0 Å². The lowest BCUT2D eigenvalue weighted by atomic mass is 9.96. The molecule has 1 amide bonds. The van der Waals surface area contributed by atoms with E-state index < -0.39 is 47.0 Å². The van der Waals surface area contributed by atoms with Crippen molar-refractivity contribution in [3.63, 3.8) is 0 Å². The van der Waals surface area contributed by atoms with Gasteiger partial charge in [0.15, 0.2) is 0 Å². The highest BCUT2D eigenvalue weighted by molar-refractivity contribution is 5.91. The van der Waals surface area contributed by atoms with E-state index in [1.807, 2.05) is 0 Å². The van der Waals surface area contributed by atoms with E-state index in [1.54, 1.807) is 20.8 Å². The standard InChI is InChI=1S/C16H25NO8/c1-15(2,3)25-14(21)17-16(13(20)24-6)7-9(11(18)22-4)10(8-16)12(19)23-5/h9-10H,7-8H2,1-6H3,(H,17,21)/t9-,10+,16?. The fraction of sp³-hybridized carbons (Fsp3) is 0.750. The Morgan fingerprint density at radius 3 is 1.64 bits per heavy atom. The van der Waals surface area contributed by atoms with Gasteiger partial charge in [0.05, 0.1) is 33.2 Å². The number of rotatable bonds is 4. The summed E-state index contributed by atoms with van der Waals surface area (Å²) in [5, 5.41) is 2.47. The van der Waals surface area contributed by atoms with Crippen LogP contribution in [0.25, 0.3) is 0 Å². The molecule has 0 bridgehead atoms. The molecular weight excluding hydrogens is 334 g/mol. The van der Waals surface area contributed by atoms with Crippen LogP contribution in [0.1, 0.15) is 33.6 Å². The quantitative estimate of drug-likeness (QED) is 0.578. The van der Waals surface area contributed by atoms with Crippen LogP contribution in [-0.4, -0.2) is 56.5 Å². The molecule has 25 heavy (non-hydrogen) atoms. The summed E-state index contributed by atoms with van der Waals surface area (Å²) in [6.07, 6.45) is -1.18. The number of carbonyl (C=O) groups is 4. The van der Waals surface area contributed by atoms with Gasteiger partial charge < -0.3 is 24.3 Å². The molecular formula is C16H25NO8. The molecule has 0 saturated heterocycles. The third-order valence-corrected chi connectivity index (χ3v) is 3.95. The van der Waals surface area contributed by atoms with Crippen LogP contribution in [0.15, 0.2) is 0 Å². The molecule has 0 spiro atoms. The van der Waals surface area contributed by atoms with Gasteiger partial charge in [0, 0.05) is 0 Å². The lowest BCUT2D eigenvalue weighted by molar-refractivity contribution is -0.156. The van der Waals surface area contributed by atoms with Gasteiger partial charge in [-0.15, -0.1) is 0 Å². The van der Waals surface area contributed by atoms with E-state index in [4.69, 9.17) is 18.9 Å². The van der Waals surface area contributed by atoms with Gasteiger partial charge in [-0.25, -0.2) is 9.59 Å². The first-order chi connectivity index (χ1) is 11.5. The Morgan fingerprint density at radius 2 is 1.32 bits per heavy atom. The van der Waals surface area contributed by atoms with E-state index in [0.29, 0.717) is 0 Å². The number of hydrogen-bond donors (Lipinski definition) is 1. The number of nitrogens with one attached hydrogen (secondary N) is 1.